The SMILES string of the molecule is O=C(O)C1C(c2cc3c(F)cccc3[nH]2)CCCN1C(=O)O. The molecule has 0 saturated carbocycles. The van der Waals surface area contributed by atoms with Gasteiger partial charge in [-0.1, -0.05) is 6.07 Å². The Morgan fingerprint density at radius 3 is 2.73 bits per heavy atom. The van der Waals surface area contributed by atoms with Crippen LogP contribution in [-0.4, -0.2) is 44.7 Å². The van der Waals surface area contributed by atoms with Crippen LogP contribution in [0.3, 0.4) is 0 Å². The first-order valence-corrected chi connectivity index (χ1v) is 6.98. The third kappa shape index (κ3) is 2.28. The molecule has 1 aromatic heterocycles. The number of aromatic nitrogens is 1. The molecule has 2 unspecified atom stereocenters. The lowest BCUT2D eigenvalue weighted by Gasteiger charge is -2.36. The zero-order valence-electron chi connectivity index (χ0n) is 11.6. The number of nitrogens with one attached hydrogen (secondary N) is 1. The predicted octanol–water partition coefficient (Wildman–Crippen LogP) is 2.62. The van der Waals surface area contributed by atoms with Crippen LogP contribution in [0.5, 0.6) is 0 Å². The summed E-state index contributed by atoms with van der Waals surface area (Å²) in [7, 11) is 0. The molecule has 2 heterocycles. The number of halogens is 1. The molecule has 1 aliphatic rings. The number of benzene rings is 1. The molecule has 22 heavy (non-hydrogen) atoms. The third-order valence-electron chi connectivity index (χ3n) is 4.16. The smallest absolute Gasteiger partial charge is 0.408 e. The minimum atomic E-state index is -1.25. The second-order valence-corrected chi connectivity index (χ2v) is 5.43. The molecule has 3 N–H and O–H groups in total. The summed E-state index contributed by atoms with van der Waals surface area (Å²) in [5, 5.41) is 19.0. The van der Waals surface area contributed by atoms with Crippen molar-refractivity contribution in [1.29, 1.82) is 0 Å². The Hall–Kier alpha value is -2.57. The van der Waals surface area contributed by atoms with E-state index < -0.39 is 29.8 Å². The molecule has 0 bridgehead atoms. The van der Waals surface area contributed by atoms with Gasteiger partial charge in [0.05, 0.1) is 0 Å². The number of H-pyrrole nitrogens is 1. The van der Waals surface area contributed by atoms with E-state index in [2.05, 4.69) is 4.98 Å². The molecule has 1 amide bonds. The molecule has 6 nitrogen and oxygen atoms in total. The van der Waals surface area contributed by atoms with Crippen LogP contribution in [0.2, 0.25) is 0 Å². The Labute approximate surface area is 125 Å². The van der Waals surface area contributed by atoms with Crippen LogP contribution in [0.25, 0.3) is 10.9 Å². The molecule has 2 aromatic rings. The first kappa shape index (κ1) is 14.4. The Morgan fingerprint density at radius 1 is 1.32 bits per heavy atom. The summed E-state index contributed by atoms with van der Waals surface area (Å²) in [6.07, 6.45) is -0.146. The van der Waals surface area contributed by atoms with Crippen LogP contribution in [0.15, 0.2) is 24.3 Å². The van der Waals surface area contributed by atoms with Gasteiger partial charge in [0.1, 0.15) is 11.9 Å². The lowest BCUT2D eigenvalue weighted by Crippen LogP contribution is -2.51. The van der Waals surface area contributed by atoms with E-state index in [4.69, 9.17) is 0 Å². The standard InChI is InChI=1S/C15H15FN2O4/c16-10-4-1-5-11-9(10)7-12(17-11)8-3-2-6-18(15(21)22)13(8)14(19)20/h1,4-5,7-8,13,17H,2-3,6H2,(H,19,20)(H,21,22). The van der Waals surface area contributed by atoms with Crippen molar-refractivity contribution in [2.45, 2.75) is 24.8 Å². The number of carboxylic acids is 1. The maximum atomic E-state index is 13.8. The highest BCUT2D eigenvalue weighted by molar-refractivity contribution is 5.83. The Kier molecular flexibility index (Phi) is 3.48. The number of aliphatic carboxylic acids is 1. The van der Waals surface area contributed by atoms with E-state index in [0.717, 1.165) is 4.90 Å². The fourth-order valence-corrected chi connectivity index (χ4v) is 3.18. The predicted molar refractivity (Wildman–Crippen MR) is 76.4 cm³/mol. The molecular formula is C15H15FN2O4. The van der Waals surface area contributed by atoms with Crippen molar-refractivity contribution in [1.82, 2.24) is 9.88 Å². The van der Waals surface area contributed by atoms with Crippen LogP contribution in [-0.2, 0) is 4.79 Å². The molecule has 2 atom stereocenters. The number of piperidine rings is 1. The number of amides is 1. The molecule has 0 aliphatic carbocycles. The minimum absolute atomic E-state index is 0.192. The average Bonchev–Trinajstić information content (AvgIpc) is 2.91. The van der Waals surface area contributed by atoms with Crippen LogP contribution in [0.4, 0.5) is 9.18 Å². The second-order valence-electron chi connectivity index (χ2n) is 5.43. The van der Waals surface area contributed by atoms with E-state index in [1.807, 2.05) is 0 Å². The monoisotopic (exact) mass is 306 g/mol. The molecule has 1 saturated heterocycles. The van der Waals surface area contributed by atoms with Gasteiger partial charge in [-0.3, -0.25) is 4.90 Å². The topological polar surface area (TPSA) is 93.6 Å². The summed E-state index contributed by atoms with van der Waals surface area (Å²) in [5.41, 5.74) is 1.13. The zero-order valence-corrected chi connectivity index (χ0v) is 11.6. The van der Waals surface area contributed by atoms with Crippen LogP contribution in [0.1, 0.15) is 24.5 Å². The van der Waals surface area contributed by atoms with Crippen molar-refractivity contribution >= 4 is 23.0 Å². The number of carbonyl (C=O) groups is 2. The van der Waals surface area contributed by atoms with Gasteiger partial charge < -0.3 is 15.2 Å². The van der Waals surface area contributed by atoms with Gasteiger partial charge in [0.2, 0.25) is 0 Å². The molecule has 1 fully saturated rings. The summed E-state index contributed by atoms with van der Waals surface area (Å²) in [4.78, 5) is 26.8. The lowest BCUT2D eigenvalue weighted by atomic mass is 9.86. The molecule has 116 valence electrons. The van der Waals surface area contributed by atoms with Gasteiger partial charge in [-0.05, 0) is 31.0 Å². The fraction of sp³-hybridized carbons (Fsp3) is 0.333. The normalized spacial score (nSPS) is 22.0. The van der Waals surface area contributed by atoms with Gasteiger partial charge in [-0.25, -0.2) is 14.0 Å². The maximum Gasteiger partial charge on any atom is 0.408 e. The minimum Gasteiger partial charge on any atom is -0.480 e. The lowest BCUT2D eigenvalue weighted by molar-refractivity contribution is -0.144. The zero-order chi connectivity index (χ0) is 15.9. The summed E-state index contributed by atoms with van der Waals surface area (Å²) in [6, 6.07) is 5.02. The van der Waals surface area contributed by atoms with Crippen molar-refractivity contribution in [2.24, 2.45) is 0 Å². The van der Waals surface area contributed by atoms with E-state index in [9.17, 15) is 24.2 Å². The first-order valence-electron chi connectivity index (χ1n) is 6.98. The molecule has 7 heteroatoms. The largest absolute Gasteiger partial charge is 0.480 e. The second kappa shape index (κ2) is 5.32. The van der Waals surface area contributed by atoms with Gasteiger partial charge in [-0.15, -0.1) is 0 Å². The van der Waals surface area contributed by atoms with Gasteiger partial charge in [0.25, 0.3) is 0 Å². The first-order chi connectivity index (χ1) is 10.5. The highest BCUT2D eigenvalue weighted by Crippen LogP contribution is 2.34. The number of aromatic amines is 1. The summed E-state index contributed by atoms with van der Waals surface area (Å²) in [6.45, 7) is 0.192. The van der Waals surface area contributed by atoms with Crippen LogP contribution >= 0.6 is 0 Å². The number of carboxylic acid groups (broad SMARTS) is 2. The van der Waals surface area contributed by atoms with Crippen molar-refractivity contribution in [2.75, 3.05) is 6.54 Å². The quantitative estimate of drug-likeness (QED) is 0.795. The fourth-order valence-electron chi connectivity index (χ4n) is 3.18. The molecule has 0 radical (unpaired) electrons. The maximum absolute atomic E-state index is 13.8. The van der Waals surface area contributed by atoms with Crippen molar-refractivity contribution < 1.29 is 24.2 Å². The number of hydrogen-bond donors (Lipinski definition) is 3. The average molecular weight is 306 g/mol. The van der Waals surface area contributed by atoms with E-state index in [0.29, 0.717) is 29.4 Å². The van der Waals surface area contributed by atoms with E-state index >= 15 is 0 Å². The molecule has 1 aromatic carbocycles. The summed E-state index contributed by atoms with van der Waals surface area (Å²) >= 11 is 0. The summed E-state index contributed by atoms with van der Waals surface area (Å²) < 4.78 is 13.8. The third-order valence-corrected chi connectivity index (χ3v) is 4.16. The van der Waals surface area contributed by atoms with E-state index in [1.165, 1.54) is 6.07 Å². The highest BCUT2D eigenvalue weighted by atomic mass is 19.1. The van der Waals surface area contributed by atoms with E-state index in [1.54, 1.807) is 18.2 Å². The van der Waals surface area contributed by atoms with Crippen LogP contribution in [0, 0.1) is 5.82 Å². The van der Waals surface area contributed by atoms with Crippen molar-refractivity contribution in [3.8, 4) is 0 Å². The van der Waals surface area contributed by atoms with Gasteiger partial charge >= 0.3 is 12.1 Å². The molecular weight excluding hydrogens is 291 g/mol. The molecule has 1 aliphatic heterocycles. The van der Waals surface area contributed by atoms with E-state index in [-0.39, 0.29) is 6.54 Å². The Bertz CT molecular complexity index is 742. The van der Waals surface area contributed by atoms with Crippen molar-refractivity contribution in [3.63, 3.8) is 0 Å². The van der Waals surface area contributed by atoms with Crippen LogP contribution < -0.4 is 0 Å². The van der Waals surface area contributed by atoms with Crippen molar-refractivity contribution in [3.05, 3.63) is 35.8 Å². The molecule has 0 spiro atoms. The Morgan fingerprint density at radius 2 is 2.09 bits per heavy atom. The number of likely N-dealkylation sites (tertiary alicyclic amines) is 1. The Balaban J connectivity index is 2.04. The van der Waals surface area contributed by atoms with Gasteiger partial charge in [0.15, 0.2) is 0 Å². The van der Waals surface area contributed by atoms with Gasteiger partial charge in [0, 0.05) is 29.1 Å². The van der Waals surface area contributed by atoms with Gasteiger partial charge in [-0.2, -0.15) is 0 Å². The molecule has 3 rings (SSSR count). The number of rotatable bonds is 2. The number of hydrogen-bond acceptors (Lipinski definition) is 2. The highest BCUT2D eigenvalue weighted by Gasteiger charge is 2.41. The number of nitrogens with zero attached hydrogens (tertiary/aromatic N) is 1. The number of fused-ring (bicyclic) bond motifs is 1. The summed E-state index contributed by atoms with van der Waals surface area (Å²) in [5.74, 6) is -2.10.